The van der Waals surface area contributed by atoms with E-state index in [9.17, 15) is 4.79 Å². The fraction of sp³-hybridized carbons (Fsp3) is 0.412. The number of carbonyl (C=O) groups excluding carboxylic acids is 1. The molecule has 4 rings (SSSR count). The Morgan fingerprint density at radius 3 is 2.96 bits per heavy atom. The van der Waals surface area contributed by atoms with Crippen LogP contribution in [0.1, 0.15) is 39.7 Å². The molecule has 1 aliphatic heterocycles. The molecule has 8 heteroatoms. The zero-order valence-corrected chi connectivity index (χ0v) is 15.1. The van der Waals surface area contributed by atoms with Gasteiger partial charge in [0.25, 0.3) is 5.91 Å². The Kier molecular flexibility index (Phi) is 4.22. The zero-order valence-electron chi connectivity index (χ0n) is 14.2. The van der Waals surface area contributed by atoms with E-state index in [0.717, 1.165) is 37.0 Å². The summed E-state index contributed by atoms with van der Waals surface area (Å²) in [4.78, 5) is 22.8. The summed E-state index contributed by atoms with van der Waals surface area (Å²) in [7, 11) is 1.82. The van der Waals surface area contributed by atoms with Crippen molar-refractivity contribution in [1.29, 1.82) is 0 Å². The molecule has 7 nitrogen and oxygen atoms in total. The summed E-state index contributed by atoms with van der Waals surface area (Å²) in [5.74, 6) is 0.368. The van der Waals surface area contributed by atoms with Crippen molar-refractivity contribution in [3.63, 3.8) is 0 Å². The van der Waals surface area contributed by atoms with Crippen LogP contribution in [0.5, 0.6) is 0 Å². The molecular formula is C17H20N6OS. The first-order valence-corrected chi connectivity index (χ1v) is 9.20. The van der Waals surface area contributed by atoms with E-state index in [1.54, 1.807) is 28.3 Å². The predicted octanol–water partition coefficient (Wildman–Crippen LogP) is 2.45. The largest absolute Gasteiger partial charge is 0.317 e. The number of anilines is 1. The van der Waals surface area contributed by atoms with Crippen molar-refractivity contribution in [3.05, 3.63) is 34.6 Å². The van der Waals surface area contributed by atoms with Crippen LogP contribution in [0.2, 0.25) is 0 Å². The van der Waals surface area contributed by atoms with E-state index in [2.05, 4.69) is 25.7 Å². The third-order valence-electron chi connectivity index (χ3n) is 4.56. The van der Waals surface area contributed by atoms with Gasteiger partial charge in [0.1, 0.15) is 0 Å². The Bertz CT molecular complexity index is 925. The topological polar surface area (TPSA) is 84.7 Å². The van der Waals surface area contributed by atoms with Gasteiger partial charge in [-0.1, -0.05) is 0 Å². The van der Waals surface area contributed by atoms with E-state index in [-0.39, 0.29) is 5.91 Å². The fourth-order valence-electron chi connectivity index (χ4n) is 3.23. The van der Waals surface area contributed by atoms with Gasteiger partial charge in [0, 0.05) is 23.8 Å². The van der Waals surface area contributed by atoms with Crippen molar-refractivity contribution in [2.45, 2.75) is 25.7 Å². The predicted molar refractivity (Wildman–Crippen MR) is 98.2 cm³/mol. The highest BCUT2D eigenvalue weighted by atomic mass is 32.1. The molecule has 1 aliphatic rings. The molecule has 0 aromatic carbocycles. The molecule has 2 N–H and O–H groups in total. The zero-order chi connectivity index (χ0) is 17.4. The molecule has 0 atom stereocenters. The molecule has 3 aromatic heterocycles. The molecule has 3 aromatic rings. The first-order chi connectivity index (χ1) is 12.1. The SMILES string of the molecule is Cc1cc(C(=O)Nc2ncc(C3CCNCC3)s2)c2cnn(C)c2n1. The minimum absolute atomic E-state index is 0.172. The molecule has 1 amide bonds. The number of aromatic nitrogens is 4. The summed E-state index contributed by atoms with van der Waals surface area (Å²) in [5.41, 5.74) is 2.07. The highest BCUT2D eigenvalue weighted by molar-refractivity contribution is 7.15. The van der Waals surface area contributed by atoms with Crippen LogP contribution in [0.4, 0.5) is 5.13 Å². The second kappa shape index (κ2) is 6.53. The summed E-state index contributed by atoms with van der Waals surface area (Å²) in [6.07, 6.45) is 5.82. The maximum Gasteiger partial charge on any atom is 0.258 e. The number of rotatable bonds is 3. The number of piperidine rings is 1. The van der Waals surface area contributed by atoms with Gasteiger partial charge in [-0.15, -0.1) is 11.3 Å². The van der Waals surface area contributed by atoms with Crippen LogP contribution in [0.25, 0.3) is 11.0 Å². The molecule has 0 spiro atoms. The van der Waals surface area contributed by atoms with Crippen molar-refractivity contribution < 1.29 is 4.79 Å². The van der Waals surface area contributed by atoms with Crippen LogP contribution < -0.4 is 10.6 Å². The number of nitrogens with zero attached hydrogens (tertiary/aromatic N) is 4. The van der Waals surface area contributed by atoms with Crippen molar-refractivity contribution in [2.75, 3.05) is 18.4 Å². The van der Waals surface area contributed by atoms with Gasteiger partial charge in [-0.25, -0.2) is 9.97 Å². The molecule has 1 saturated heterocycles. The molecule has 0 radical (unpaired) electrons. The van der Waals surface area contributed by atoms with Crippen molar-refractivity contribution in [1.82, 2.24) is 25.1 Å². The van der Waals surface area contributed by atoms with Crippen LogP contribution in [-0.4, -0.2) is 38.7 Å². The number of thiazole rings is 1. The summed E-state index contributed by atoms with van der Waals surface area (Å²) in [6.45, 7) is 3.96. The molecule has 0 aliphatic carbocycles. The first-order valence-electron chi connectivity index (χ1n) is 8.39. The molecule has 0 unspecified atom stereocenters. The molecule has 0 saturated carbocycles. The quantitative estimate of drug-likeness (QED) is 0.753. The van der Waals surface area contributed by atoms with E-state index >= 15 is 0 Å². The second-order valence-corrected chi connectivity index (χ2v) is 7.43. The van der Waals surface area contributed by atoms with Crippen molar-refractivity contribution in [3.8, 4) is 0 Å². The summed E-state index contributed by atoms with van der Waals surface area (Å²) in [6, 6.07) is 1.79. The van der Waals surface area contributed by atoms with E-state index in [1.165, 1.54) is 4.88 Å². The third-order valence-corrected chi connectivity index (χ3v) is 5.64. The lowest BCUT2D eigenvalue weighted by Crippen LogP contribution is -2.26. The Labute approximate surface area is 149 Å². The molecule has 130 valence electrons. The number of nitrogens with one attached hydrogen (secondary N) is 2. The van der Waals surface area contributed by atoms with Crippen LogP contribution in [0.3, 0.4) is 0 Å². The number of fused-ring (bicyclic) bond motifs is 1. The minimum atomic E-state index is -0.172. The number of pyridine rings is 1. The van der Waals surface area contributed by atoms with Gasteiger partial charge < -0.3 is 5.32 Å². The maximum absolute atomic E-state index is 12.8. The van der Waals surface area contributed by atoms with Crippen LogP contribution >= 0.6 is 11.3 Å². The lowest BCUT2D eigenvalue weighted by Gasteiger charge is -2.20. The Balaban J connectivity index is 1.57. The van der Waals surface area contributed by atoms with Crippen LogP contribution in [0, 0.1) is 6.92 Å². The number of amides is 1. The average molecular weight is 356 g/mol. The van der Waals surface area contributed by atoms with Gasteiger partial charge in [0.2, 0.25) is 0 Å². The lowest BCUT2D eigenvalue weighted by molar-refractivity contribution is 0.102. The molecule has 1 fully saturated rings. The van der Waals surface area contributed by atoms with Gasteiger partial charge in [0.15, 0.2) is 10.8 Å². The van der Waals surface area contributed by atoms with Gasteiger partial charge in [-0.05, 0) is 44.8 Å². The van der Waals surface area contributed by atoms with Crippen LogP contribution in [-0.2, 0) is 7.05 Å². The number of hydrogen-bond acceptors (Lipinski definition) is 6. The van der Waals surface area contributed by atoms with E-state index in [1.807, 2.05) is 20.2 Å². The van der Waals surface area contributed by atoms with Gasteiger partial charge in [-0.2, -0.15) is 5.10 Å². The van der Waals surface area contributed by atoms with Gasteiger partial charge >= 0.3 is 0 Å². The molecule has 0 bridgehead atoms. The van der Waals surface area contributed by atoms with Crippen molar-refractivity contribution >= 4 is 33.4 Å². The molecular weight excluding hydrogens is 336 g/mol. The number of aryl methyl sites for hydroxylation is 2. The Morgan fingerprint density at radius 1 is 1.36 bits per heavy atom. The fourth-order valence-corrected chi connectivity index (χ4v) is 4.21. The highest BCUT2D eigenvalue weighted by Gasteiger charge is 2.20. The first kappa shape index (κ1) is 16.2. The van der Waals surface area contributed by atoms with Crippen molar-refractivity contribution in [2.24, 2.45) is 7.05 Å². The minimum Gasteiger partial charge on any atom is -0.317 e. The summed E-state index contributed by atoms with van der Waals surface area (Å²) >= 11 is 1.57. The summed E-state index contributed by atoms with van der Waals surface area (Å²) in [5, 5.41) is 11.9. The smallest absolute Gasteiger partial charge is 0.258 e. The van der Waals surface area contributed by atoms with E-state index < -0.39 is 0 Å². The molecule has 4 heterocycles. The van der Waals surface area contributed by atoms with Crippen LogP contribution in [0.15, 0.2) is 18.5 Å². The normalized spacial score (nSPS) is 15.6. The Morgan fingerprint density at radius 2 is 2.16 bits per heavy atom. The standard InChI is InChI=1S/C17H20N6OS/c1-10-7-12(13-8-20-23(2)15(13)21-10)16(24)22-17-19-9-14(25-17)11-3-5-18-6-4-11/h7-9,11,18H,3-6H2,1-2H3,(H,19,22,24). The number of carbonyl (C=O) groups is 1. The highest BCUT2D eigenvalue weighted by Crippen LogP contribution is 2.32. The van der Waals surface area contributed by atoms with Gasteiger partial charge in [0.05, 0.1) is 17.1 Å². The van der Waals surface area contributed by atoms with E-state index in [0.29, 0.717) is 22.3 Å². The number of hydrogen-bond donors (Lipinski definition) is 2. The van der Waals surface area contributed by atoms with E-state index in [4.69, 9.17) is 0 Å². The third kappa shape index (κ3) is 3.14. The van der Waals surface area contributed by atoms with Gasteiger partial charge in [-0.3, -0.25) is 14.8 Å². The Hall–Kier alpha value is -2.32. The molecule has 25 heavy (non-hydrogen) atoms. The average Bonchev–Trinajstić information content (AvgIpc) is 3.22. The monoisotopic (exact) mass is 356 g/mol. The summed E-state index contributed by atoms with van der Waals surface area (Å²) < 4.78 is 1.68. The second-order valence-electron chi connectivity index (χ2n) is 6.36. The lowest BCUT2D eigenvalue weighted by atomic mass is 9.97. The maximum atomic E-state index is 12.8.